The maximum absolute atomic E-state index is 3.52. The monoisotopic (exact) mass is 284 g/mol. The fourth-order valence-corrected chi connectivity index (χ4v) is 2.98. The molecule has 0 heterocycles. The van der Waals surface area contributed by atoms with Crippen LogP contribution in [0.15, 0.2) is 64.7 Å². The highest BCUT2D eigenvalue weighted by Gasteiger charge is 2.18. The van der Waals surface area contributed by atoms with Gasteiger partial charge in [0, 0.05) is 0 Å². The van der Waals surface area contributed by atoms with E-state index in [1.165, 1.54) is 27.8 Å². The standard InChI is InChI=1S/C16H13Br/c17-11-16-14-7-3-1-5-12(14)9-10-13-6-2-4-8-15(13)16/h1-5,7-8,10-11H,6,9H2. The summed E-state index contributed by atoms with van der Waals surface area (Å²) in [6.07, 6.45) is 11.0. The van der Waals surface area contributed by atoms with Gasteiger partial charge in [-0.25, -0.2) is 0 Å². The number of benzene rings is 1. The third-order valence-corrected chi connectivity index (χ3v) is 3.82. The molecule has 0 nitrogen and oxygen atoms in total. The first-order valence-corrected chi connectivity index (χ1v) is 6.77. The Bertz CT molecular complexity index is 571. The molecule has 0 spiro atoms. The molecule has 1 aromatic rings. The predicted molar refractivity (Wildman–Crippen MR) is 77.0 cm³/mol. The van der Waals surface area contributed by atoms with Crippen molar-refractivity contribution in [3.63, 3.8) is 0 Å². The molecule has 0 saturated carbocycles. The third-order valence-electron chi connectivity index (χ3n) is 3.36. The fraction of sp³-hybridized carbons (Fsp3) is 0.125. The number of hydrogen-bond acceptors (Lipinski definition) is 0. The molecule has 0 bridgehead atoms. The molecule has 2 aliphatic rings. The van der Waals surface area contributed by atoms with Crippen molar-refractivity contribution in [3.05, 3.63) is 75.8 Å². The van der Waals surface area contributed by atoms with E-state index in [4.69, 9.17) is 0 Å². The summed E-state index contributed by atoms with van der Waals surface area (Å²) in [5.74, 6) is 0. The van der Waals surface area contributed by atoms with Gasteiger partial charge in [-0.2, -0.15) is 0 Å². The molecule has 0 unspecified atom stereocenters. The second-order valence-corrected chi connectivity index (χ2v) is 4.78. The molecule has 0 atom stereocenters. The van der Waals surface area contributed by atoms with Crippen molar-refractivity contribution in [1.29, 1.82) is 0 Å². The van der Waals surface area contributed by atoms with E-state index in [0.29, 0.717) is 0 Å². The van der Waals surface area contributed by atoms with Crippen molar-refractivity contribution in [1.82, 2.24) is 0 Å². The topological polar surface area (TPSA) is 0 Å². The lowest BCUT2D eigenvalue weighted by atomic mass is 9.90. The van der Waals surface area contributed by atoms with E-state index >= 15 is 0 Å². The predicted octanol–water partition coefficient (Wildman–Crippen LogP) is 4.79. The Kier molecular flexibility index (Phi) is 2.86. The maximum Gasteiger partial charge on any atom is -0.00365 e. The molecule has 84 valence electrons. The van der Waals surface area contributed by atoms with Crippen LogP contribution in [-0.4, -0.2) is 0 Å². The largest absolute Gasteiger partial charge is 0.0801 e. The Labute approximate surface area is 110 Å². The Balaban J connectivity index is 2.23. The molecule has 17 heavy (non-hydrogen) atoms. The van der Waals surface area contributed by atoms with Gasteiger partial charge in [-0.05, 0) is 45.7 Å². The molecular formula is C16H13Br. The second kappa shape index (κ2) is 4.50. The summed E-state index contributed by atoms with van der Waals surface area (Å²) < 4.78 is 0. The van der Waals surface area contributed by atoms with Crippen molar-refractivity contribution < 1.29 is 0 Å². The number of halogens is 1. The lowest BCUT2D eigenvalue weighted by molar-refractivity contribution is 1.18. The fourth-order valence-electron chi connectivity index (χ4n) is 2.49. The molecule has 0 fully saturated rings. The van der Waals surface area contributed by atoms with Gasteiger partial charge in [0.1, 0.15) is 0 Å². The third kappa shape index (κ3) is 1.85. The van der Waals surface area contributed by atoms with Crippen molar-refractivity contribution in [2.45, 2.75) is 12.8 Å². The first-order valence-electron chi connectivity index (χ1n) is 5.85. The summed E-state index contributed by atoms with van der Waals surface area (Å²) in [5, 5.41) is 0. The minimum absolute atomic E-state index is 1.03. The van der Waals surface area contributed by atoms with E-state index < -0.39 is 0 Å². The highest BCUT2D eigenvalue weighted by Crippen LogP contribution is 2.37. The second-order valence-electron chi connectivity index (χ2n) is 4.33. The number of fused-ring (bicyclic) bond motifs is 2. The summed E-state index contributed by atoms with van der Waals surface area (Å²) in [6.45, 7) is 0. The Morgan fingerprint density at radius 2 is 2.00 bits per heavy atom. The van der Waals surface area contributed by atoms with Gasteiger partial charge in [-0.1, -0.05) is 64.5 Å². The molecule has 1 aromatic carbocycles. The van der Waals surface area contributed by atoms with Crippen molar-refractivity contribution in [2.75, 3.05) is 0 Å². The molecule has 0 aliphatic heterocycles. The van der Waals surface area contributed by atoms with Crippen LogP contribution in [0.5, 0.6) is 0 Å². The number of rotatable bonds is 0. The van der Waals surface area contributed by atoms with Crippen LogP contribution in [0.3, 0.4) is 0 Å². The maximum atomic E-state index is 3.52. The summed E-state index contributed by atoms with van der Waals surface area (Å²) in [4.78, 5) is 2.05. The quantitative estimate of drug-likeness (QED) is 0.643. The Morgan fingerprint density at radius 1 is 1.12 bits per heavy atom. The van der Waals surface area contributed by atoms with Crippen LogP contribution in [0.1, 0.15) is 17.5 Å². The molecule has 0 amide bonds. The zero-order valence-corrected chi connectivity index (χ0v) is 11.1. The van der Waals surface area contributed by atoms with E-state index in [-0.39, 0.29) is 0 Å². The minimum atomic E-state index is 1.03. The van der Waals surface area contributed by atoms with Gasteiger partial charge in [0.15, 0.2) is 0 Å². The van der Waals surface area contributed by atoms with Gasteiger partial charge < -0.3 is 0 Å². The van der Waals surface area contributed by atoms with Crippen LogP contribution in [-0.2, 0) is 6.42 Å². The highest BCUT2D eigenvalue weighted by molar-refractivity contribution is 9.11. The first-order chi connectivity index (χ1) is 8.40. The summed E-state index contributed by atoms with van der Waals surface area (Å²) >= 11 is 3.52. The van der Waals surface area contributed by atoms with Crippen LogP contribution >= 0.6 is 15.9 Å². The average Bonchev–Trinajstić information content (AvgIpc) is 2.55. The van der Waals surface area contributed by atoms with Crippen LogP contribution in [0.4, 0.5) is 0 Å². The molecule has 1 heteroatoms. The zero-order valence-electron chi connectivity index (χ0n) is 9.49. The van der Waals surface area contributed by atoms with Crippen LogP contribution < -0.4 is 0 Å². The smallest absolute Gasteiger partial charge is 0.00365 e. The lowest BCUT2D eigenvalue weighted by Gasteiger charge is -2.15. The Morgan fingerprint density at radius 3 is 2.88 bits per heavy atom. The van der Waals surface area contributed by atoms with Crippen LogP contribution in [0.25, 0.3) is 5.57 Å². The van der Waals surface area contributed by atoms with Crippen LogP contribution in [0, 0.1) is 0 Å². The van der Waals surface area contributed by atoms with E-state index in [1.54, 1.807) is 0 Å². The van der Waals surface area contributed by atoms with Gasteiger partial charge in [-0.3, -0.25) is 0 Å². The molecule has 0 saturated heterocycles. The number of allylic oxidation sites excluding steroid dienone is 7. The molecule has 0 N–H and O–H groups in total. The highest BCUT2D eigenvalue weighted by atomic mass is 79.9. The van der Waals surface area contributed by atoms with Gasteiger partial charge >= 0.3 is 0 Å². The SMILES string of the molecule is BrC=C1C2=CC=CCC2=CCc2ccccc21. The van der Waals surface area contributed by atoms with Crippen molar-refractivity contribution in [2.24, 2.45) is 0 Å². The normalized spacial score (nSPS) is 20.2. The van der Waals surface area contributed by atoms with Crippen LogP contribution in [0.2, 0.25) is 0 Å². The van der Waals surface area contributed by atoms with E-state index in [2.05, 4.69) is 69.5 Å². The van der Waals surface area contributed by atoms with Gasteiger partial charge in [0.25, 0.3) is 0 Å². The number of hydrogen-bond donors (Lipinski definition) is 0. The van der Waals surface area contributed by atoms with E-state index in [9.17, 15) is 0 Å². The molecule has 0 aromatic heterocycles. The molecule has 0 radical (unpaired) electrons. The summed E-state index contributed by atoms with van der Waals surface area (Å²) in [6, 6.07) is 8.65. The Hall–Kier alpha value is -1.34. The molecule has 2 aliphatic carbocycles. The minimum Gasteiger partial charge on any atom is -0.0801 e. The van der Waals surface area contributed by atoms with Crippen molar-refractivity contribution >= 4 is 21.5 Å². The zero-order chi connectivity index (χ0) is 11.7. The van der Waals surface area contributed by atoms with Gasteiger partial charge in [-0.15, -0.1) is 0 Å². The molecule has 3 rings (SSSR count). The summed E-state index contributed by atoms with van der Waals surface area (Å²) in [5.41, 5.74) is 6.84. The lowest BCUT2D eigenvalue weighted by Crippen LogP contribution is -1.95. The van der Waals surface area contributed by atoms with Gasteiger partial charge in [0.05, 0.1) is 0 Å². The van der Waals surface area contributed by atoms with E-state index in [1.807, 2.05) is 0 Å². The first kappa shape index (κ1) is 10.8. The van der Waals surface area contributed by atoms with E-state index in [0.717, 1.165) is 12.8 Å². The van der Waals surface area contributed by atoms with Crippen molar-refractivity contribution in [3.8, 4) is 0 Å². The molecular weight excluding hydrogens is 272 g/mol. The van der Waals surface area contributed by atoms with Gasteiger partial charge in [0.2, 0.25) is 0 Å². The summed E-state index contributed by atoms with van der Waals surface area (Å²) in [7, 11) is 0. The average molecular weight is 285 g/mol.